The Balaban J connectivity index is 1.35. The zero-order chi connectivity index (χ0) is 27.5. The maximum absolute atomic E-state index is 14.2. The molecule has 2 heterocycles. The van der Waals surface area contributed by atoms with Crippen LogP contribution in [0, 0.1) is 0 Å². The SMILES string of the molecule is COc1ccc(CN(C(=O)Cn2nnc3ccccc32)C2(C(=O)Nc3ccc4c(c3)OCO4)CCCCC2)cc1. The van der Waals surface area contributed by atoms with Gasteiger partial charge >= 0.3 is 0 Å². The van der Waals surface area contributed by atoms with Gasteiger partial charge in [-0.2, -0.15) is 0 Å². The Morgan fingerprint density at radius 3 is 2.58 bits per heavy atom. The Kier molecular flexibility index (Phi) is 6.98. The van der Waals surface area contributed by atoms with Crippen LogP contribution < -0.4 is 19.5 Å². The number of benzene rings is 3. The number of hydrogen-bond donors (Lipinski definition) is 1. The molecule has 0 saturated heterocycles. The zero-order valence-corrected chi connectivity index (χ0v) is 22.3. The summed E-state index contributed by atoms with van der Waals surface area (Å²) in [5.74, 6) is 1.54. The number of aromatic nitrogens is 3. The first-order chi connectivity index (χ1) is 19.6. The van der Waals surface area contributed by atoms with Crippen molar-refractivity contribution in [3.8, 4) is 17.2 Å². The molecule has 3 aromatic carbocycles. The van der Waals surface area contributed by atoms with Crippen LogP contribution in [0.5, 0.6) is 17.2 Å². The highest BCUT2D eigenvalue weighted by Crippen LogP contribution is 2.38. The normalized spacial score (nSPS) is 15.5. The maximum atomic E-state index is 14.2. The molecule has 1 aromatic heterocycles. The van der Waals surface area contributed by atoms with Crippen molar-refractivity contribution in [2.45, 2.75) is 50.7 Å². The summed E-state index contributed by atoms with van der Waals surface area (Å²) in [6.07, 6.45) is 3.81. The standard InChI is InChI=1S/C30H31N5O5/c1-38-23-12-9-21(10-13-23)18-34(28(36)19-35-25-8-4-3-7-24(25)32-33-35)30(15-5-2-6-16-30)29(37)31-22-11-14-26-27(17-22)40-20-39-26/h3-4,7-14,17H,2,5-6,15-16,18-20H2,1H3,(H,31,37). The third-order valence-corrected chi connectivity index (χ3v) is 7.76. The Bertz CT molecular complexity index is 1530. The second-order valence-electron chi connectivity index (χ2n) is 10.2. The molecule has 206 valence electrons. The lowest BCUT2D eigenvalue weighted by Gasteiger charge is -2.45. The minimum Gasteiger partial charge on any atom is -0.497 e. The monoisotopic (exact) mass is 541 g/mol. The molecule has 2 aliphatic rings. The number of fused-ring (bicyclic) bond motifs is 2. The molecule has 1 N–H and O–H groups in total. The van der Waals surface area contributed by atoms with Crippen molar-refractivity contribution in [1.82, 2.24) is 19.9 Å². The Labute approximate surface area is 231 Å². The molecule has 1 saturated carbocycles. The highest BCUT2D eigenvalue weighted by Gasteiger charge is 2.47. The fourth-order valence-electron chi connectivity index (χ4n) is 5.62. The molecule has 0 unspecified atom stereocenters. The van der Waals surface area contributed by atoms with Gasteiger partial charge in [0.15, 0.2) is 11.5 Å². The van der Waals surface area contributed by atoms with Crippen molar-refractivity contribution in [2.75, 3.05) is 19.2 Å². The third kappa shape index (κ3) is 4.92. The van der Waals surface area contributed by atoms with Gasteiger partial charge in [0.1, 0.15) is 23.3 Å². The summed E-state index contributed by atoms with van der Waals surface area (Å²) >= 11 is 0. The summed E-state index contributed by atoms with van der Waals surface area (Å²) in [4.78, 5) is 30.1. The van der Waals surface area contributed by atoms with Crippen molar-refractivity contribution in [3.63, 3.8) is 0 Å². The first-order valence-corrected chi connectivity index (χ1v) is 13.5. The van der Waals surface area contributed by atoms with Crippen LogP contribution in [-0.2, 0) is 22.7 Å². The molecule has 2 amide bonds. The Hall–Kier alpha value is -4.60. The molecule has 6 rings (SSSR count). The number of hydrogen-bond acceptors (Lipinski definition) is 7. The van der Waals surface area contributed by atoms with Gasteiger partial charge in [0, 0.05) is 18.3 Å². The van der Waals surface area contributed by atoms with Crippen molar-refractivity contribution in [1.29, 1.82) is 0 Å². The summed E-state index contributed by atoms with van der Waals surface area (Å²) < 4.78 is 17.8. The molecule has 0 spiro atoms. The van der Waals surface area contributed by atoms with Crippen molar-refractivity contribution < 1.29 is 23.8 Å². The van der Waals surface area contributed by atoms with E-state index < -0.39 is 5.54 Å². The number of anilines is 1. The Morgan fingerprint density at radius 1 is 1.00 bits per heavy atom. The van der Waals surface area contributed by atoms with Gasteiger partial charge in [-0.25, -0.2) is 4.68 Å². The number of nitrogens with zero attached hydrogens (tertiary/aromatic N) is 4. The van der Waals surface area contributed by atoms with Gasteiger partial charge in [-0.1, -0.05) is 48.7 Å². The quantitative estimate of drug-likeness (QED) is 0.349. The number of carbonyl (C=O) groups is 2. The summed E-state index contributed by atoms with van der Waals surface area (Å²) in [7, 11) is 1.62. The van der Waals surface area contributed by atoms with Crippen molar-refractivity contribution >= 4 is 28.5 Å². The van der Waals surface area contributed by atoms with E-state index in [9.17, 15) is 9.59 Å². The van der Waals surface area contributed by atoms with E-state index in [-0.39, 0.29) is 31.7 Å². The first kappa shape index (κ1) is 25.7. The van der Waals surface area contributed by atoms with Crippen LogP contribution in [0.15, 0.2) is 66.7 Å². The van der Waals surface area contributed by atoms with Crippen LogP contribution >= 0.6 is 0 Å². The van der Waals surface area contributed by atoms with Crippen LogP contribution in [0.4, 0.5) is 5.69 Å². The highest BCUT2D eigenvalue weighted by atomic mass is 16.7. The third-order valence-electron chi connectivity index (χ3n) is 7.76. The molecule has 4 aromatic rings. The number of amides is 2. The summed E-state index contributed by atoms with van der Waals surface area (Å²) in [6.45, 7) is 0.386. The largest absolute Gasteiger partial charge is 0.497 e. The number of carbonyl (C=O) groups excluding carboxylic acids is 2. The van der Waals surface area contributed by atoms with Crippen LogP contribution in [0.25, 0.3) is 11.0 Å². The van der Waals surface area contributed by atoms with Gasteiger partial charge in [-0.3, -0.25) is 9.59 Å². The second kappa shape index (κ2) is 10.9. The van der Waals surface area contributed by atoms with E-state index in [1.807, 2.05) is 48.5 Å². The van der Waals surface area contributed by atoms with Crippen molar-refractivity contribution in [3.05, 3.63) is 72.3 Å². The summed E-state index contributed by atoms with van der Waals surface area (Å²) in [6, 6.07) is 20.4. The highest BCUT2D eigenvalue weighted by molar-refractivity contribution is 6.01. The molecule has 10 nitrogen and oxygen atoms in total. The van der Waals surface area contributed by atoms with E-state index in [0.29, 0.717) is 35.5 Å². The average molecular weight is 542 g/mol. The first-order valence-electron chi connectivity index (χ1n) is 13.5. The summed E-state index contributed by atoms with van der Waals surface area (Å²) in [5, 5.41) is 11.5. The van der Waals surface area contributed by atoms with E-state index >= 15 is 0 Å². The maximum Gasteiger partial charge on any atom is 0.250 e. The molecule has 0 bridgehead atoms. The molecule has 1 fully saturated rings. The number of methoxy groups -OCH3 is 1. The lowest BCUT2D eigenvalue weighted by molar-refractivity contribution is -0.149. The number of rotatable bonds is 8. The van der Waals surface area contributed by atoms with E-state index in [1.165, 1.54) is 0 Å². The van der Waals surface area contributed by atoms with Crippen LogP contribution in [-0.4, -0.2) is 51.1 Å². The molecular formula is C30H31N5O5. The number of nitrogens with one attached hydrogen (secondary N) is 1. The van der Waals surface area contributed by atoms with E-state index in [4.69, 9.17) is 14.2 Å². The molecule has 0 radical (unpaired) electrons. The molecule has 1 aliphatic carbocycles. The van der Waals surface area contributed by atoms with Crippen LogP contribution in [0.3, 0.4) is 0 Å². The average Bonchev–Trinajstić information content (AvgIpc) is 3.63. The van der Waals surface area contributed by atoms with Crippen molar-refractivity contribution in [2.24, 2.45) is 0 Å². The van der Waals surface area contributed by atoms with E-state index in [2.05, 4.69) is 15.6 Å². The topological polar surface area (TPSA) is 108 Å². The summed E-state index contributed by atoms with van der Waals surface area (Å²) in [5.41, 5.74) is 1.94. The van der Waals surface area contributed by atoms with Gasteiger partial charge in [-0.15, -0.1) is 5.10 Å². The van der Waals surface area contributed by atoms with Gasteiger partial charge in [0.2, 0.25) is 18.6 Å². The van der Waals surface area contributed by atoms with E-state index in [0.717, 1.165) is 36.1 Å². The minimum absolute atomic E-state index is 0.0320. The lowest BCUT2D eigenvalue weighted by Crippen LogP contribution is -2.60. The fourth-order valence-corrected chi connectivity index (χ4v) is 5.62. The van der Waals surface area contributed by atoms with Gasteiger partial charge in [0.05, 0.1) is 12.6 Å². The fraction of sp³-hybridized carbons (Fsp3) is 0.333. The molecule has 1 aliphatic heterocycles. The molecular weight excluding hydrogens is 510 g/mol. The van der Waals surface area contributed by atoms with Crippen LogP contribution in [0.2, 0.25) is 0 Å². The predicted octanol–water partition coefficient (Wildman–Crippen LogP) is 4.54. The number of ether oxygens (including phenoxy) is 3. The minimum atomic E-state index is -1.04. The Morgan fingerprint density at radius 2 is 1.77 bits per heavy atom. The smallest absolute Gasteiger partial charge is 0.250 e. The van der Waals surface area contributed by atoms with Gasteiger partial charge in [-0.05, 0) is 54.8 Å². The lowest BCUT2D eigenvalue weighted by atomic mass is 9.78. The molecule has 10 heteroatoms. The molecule has 0 atom stereocenters. The number of para-hydroxylation sites is 1. The second-order valence-corrected chi connectivity index (χ2v) is 10.2. The van der Waals surface area contributed by atoms with Gasteiger partial charge < -0.3 is 24.4 Å². The van der Waals surface area contributed by atoms with E-state index in [1.54, 1.807) is 34.9 Å². The molecule has 40 heavy (non-hydrogen) atoms. The van der Waals surface area contributed by atoms with Gasteiger partial charge in [0.25, 0.3) is 0 Å². The predicted molar refractivity (Wildman–Crippen MR) is 148 cm³/mol. The zero-order valence-electron chi connectivity index (χ0n) is 22.3. The van der Waals surface area contributed by atoms with Crippen LogP contribution in [0.1, 0.15) is 37.7 Å².